The lowest BCUT2D eigenvalue weighted by atomic mass is 10.4. The van der Waals surface area contributed by atoms with E-state index >= 15 is 0 Å². The predicted octanol–water partition coefficient (Wildman–Crippen LogP) is 4.29. The summed E-state index contributed by atoms with van der Waals surface area (Å²) in [5.74, 6) is 2.40. The van der Waals surface area contributed by atoms with E-state index in [9.17, 15) is 5.11 Å². The zero-order chi connectivity index (χ0) is 18.4. The third-order valence-electron chi connectivity index (χ3n) is 4.66. The van der Waals surface area contributed by atoms with Crippen LogP contribution in [0.2, 0.25) is 0 Å². The van der Waals surface area contributed by atoms with Crippen LogP contribution in [0.3, 0.4) is 0 Å². The van der Waals surface area contributed by atoms with Gasteiger partial charge in [0, 0.05) is 13.6 Å². The minimum absolute atomic E-state index is 0.317. The van der Waals surface area contributed by atoms with Gasteiger partial charge in [0.15, 0.2) is 0 Å². The molecule has 0 aliphatic rings. The summed E-state index contributed by atoms with van der Waals surface area (Å²) < 4.78 is 0. The maximum absolute atomic E-state index is 10.9. The van der Waals surface area contributed by atoms with Gasteiger partial charge in [-0.3, -0.25) is 0 Å². The van der Waals surface area contributed by atoms with E-state index in [1.807, 2.05) is 37.1 Å². The van der Waals surface area contributed by atoms with Crippen LogP contribution in [0.1, 0.15) is 6.92 Å². The lowest BCUT2D eigenvalue weighted by Crippen LogP contribution is -2.31. The van der Waals surface area contributed by atoms with E-state index in [4.69, 9.17) is 0 Å². The van der Waals surface area contributed by atoms with Crippen LogP contribution in [0.15, 0.2) is 103 Å². The maximum Gasteiger partial charge on any atom is 0.224 e. The first kappa shape index (κ1) is 18.2. The number of nitrogens with zero attached hydrogens (tertiary/aromatic N) is 1. The highest BCUT2D eigenvalue weighted by Gasteiger charge is 2.44. The van der Waals surface area contributed by atoms with Gasteiger partial charge in [-0.15, -0.1) is 0 Å². The Balaban J connectivity index is 2.36. The van der Waals surface area contributed by atoms with Gasteiger partial charge >= 0.3 is 0 Å². The molecule has 0 atom stereocenters. The Labute approximate surface area is 156 Å². The molecule has 1 N–H and O–H groups in total. The Hall–Kier alpha value is -2.57. The molecule has 0 aromatic heterocycles. The number of aliphatic hydroxyl groups excluding tert-OH is 1. The average Bonchev–Trinajstić information content (AvgIpc) is 2.73. The van der Waals surface area contributed by atoms with E-state index in [1.54, 1.807) is 0 Å². The molecule has 0 unspecified atom stereocenters. The van der Waals surface area contributed by atoms with Crippen molar-refractivity contribution in [3.63, 3.8) is 0 Å². The van der Waals surface area contributed by atoms with Crippen molar-refractivity contribution in [1.82, 2.24) is 4.90 Å². The quantitative estimate of drug-likeness (QED) is 0.522. The van der Waals surface area contributed by atoms with Crippen molar-refractivity contribution in [1.29, 1.82) is 0 Å². The Morgan fingerprint density at radius 1 is 0.769 bits per heavy atom. The van der Waals surface area contributed by atoms with Gasteiger partial charge in [-0.2, -0.15) is 0 Å². The molecule has 2 nitrogen and oxygen atoms in total. The zero-order valence-corrected chi connectivity index (χ0v) is 16.2. The fourth-order valence-corrected chi connectivity index (χ4v) is 6.91. The molecule has 3 aromatic carbocycles. The first-order valence-corrected chi connectivity index (χ1v) is 10.7. The molecule has 0 heterocycles. The van der Waals surface area contributed by atoms with Crippen molar-refractivity contribution in [3.8, 4) is 0 Å². The number of aliphatic hydroxyl groups is 1. The Bertz CT molecular complexity index is 750. The van der Waals surface area contributed by atoms with Crippen molar-refractivity contribution in [2.24, 2.45) is 0 Å². The molecule has 3 rings (SSSR count). The summed E-state index contributed by atoms with van der Waals surface area (Å²) in [5.41, 5.74) is 0. The van der Waals surface area contributed by atoms with E-state index < -0.39 is 7.26 Å². The standard InChI is InChI=1S/C23H24NOP/c1-3-24(2)23(25)19-26(20-13-7-4-8-14-20,21-15-9-5-10-16-21)22-17-11-6-12-18-22/h4-19H,3H2,1-2H3/p+1/b23-19-. The summed E-state index contributed by atoms with van der Waals surface area (Å²) in [5, 5.41) is 14.5. The number of hydrogen-bond donors (Lipinski definition) is 1. The highest BCUT2D eigenvalue weighted by molar-refractivity contribution is 7.98. The Morgan fingerprint density at radius 2 is 1.12 bits per heavy atom. The second-order valence-electron chi connectivity index (χ2n) is 6.23. The smallest absolute Gasteiger partial charge is 0.224 e. The minimum Gasteiger partial charge on any atom is -0.492 e. The molecule has 0 amide bonds. The van der Waals surface area contributed by atoms with Crippen LogP contribution in [0.5, 0.6) is 0 Å². The molecule has 0 radical (unpaired) electrons. The summed E-state index contributed by atoms with van der Waals surface area (Å²) in [6.45, 7) is 2.79. The second kappa shape index (κ2) is 8.21. The normalized spacial score (nSPS) is 12.0. The number of rotatable bonds is 6. The van der Waals surface area contributed by atoms with Gasteiger partial charge in [0.2, 0.25) is 5.88 Å². The summed E-state index contributed by atoms with van der Waals surface area (Å²) in [7, 11) is -0.212. The molecular formula is C23H25NOP+. The average molecular weight is 362 g/mol. The van der Waals surface area contributed by atoms with Crippen LogP contribution in [-0.4, -0.2) is 23.6 Å². The monoisotopic (exact) mass is 362 g/mol. The van der Waals surface area contributed by atoms with Crippen molar-refractivity contribution < 1.29 is 5.11 Å². The van der Waals surface area contributed by atoms with Crippen LogP contribution in [0, 0.1) is 0 Å². The molecule has 0 bridgehead atoms. The molecule has 0 fully saturated rings. The highest BCUT2D eigenvalue weighted by Crippen LogP contribution is 2.57. The maximum atomic E-state index is 10.9. The molecular weight excluding hydrogens is 337 g/mol. The third-order valence-corrected chi connectivity index (χ3v) is 8.62. The third kappa shape index (κ3) is 3.52. The van der Waals surface area contributed by atoms with Gasteiger partial charge in [0.1, 0.15) is 29.0 Å². The molecule has 132 valence electrons. The summed E-state index contributed by atoms with van der Waals surface area (Å²) in [4.78, 5) is 1.88. The molecule has 0 aliphatic heterocycles. The first-order valence-electron chi connectivity index (χ1n) is 8.87. The summed E-state index contributed by atoms with van der Waals surface area (Å²) in [6.07, 6.45) is 0. The Morgan fingerprint density at radius 3 is 1.42 bits per heavy atom. The first-order chi connectivity index (χ1) is 12.7. The summed E-state index contributed by atoms with van der Waals surface area (Å²) >= 11 is 0. The molecule has 3 aromatic rings. The van der Waals surface area contributed by atoms with Crippen LogP contribution in [0.25, 0.3) is 0 Å². The van der Waals surface area contributed by atoms with Crippen LogP contribution in [-0.2, 0) is 0 Å². The zero-order valence-electron chi connectivity index (χ0n) is 15.3. The SMILES string of the molecule is CCN(C)/C(O)=C/[P+](c1ccccc1)(c1ccccc1)c1ccccc1. The topological polar surface area (TPSA) is 23.5 Å². The van der Waals surface area contributed by atoms with Crippen LogP contribution >= 0.6 is 7.26 Å². The van der Waals surface area contributed by atoms with Crippen LogP contribution < -0.4 is 15.9 Å². The lowest BCUT2D eigenvalue weighted by molar-refractivity contribution is 0.242. The fourth-order valence-electron chi connectivity index (χ4n) is 3.09. The van der Waals surface area contributed by atoms with E-state index in [1.165, 1.54) is 15.9 Å². The number of hydrogen-bond acceptors (Lipinski definition) is 2. The van der Waals surface area contributed by atoms with Gasteiger partial charge in [0.05, 0.1) is 0 Å². The van der Waals surface area contributed by atoms with Crippen LogP contribution in [0.4, 0.5) is 0 Å². The van der Waals surface area contributed by atoms with Gasteiger partial charge in [0.25, 0.3) is 0 Å². The predicted molar refractivity (Wildman–Crippen MR) is 114 cm³/mol. The largest absolute Gasteiger partial charge is 0.492 e. The van der Waals surface area contributed by atoms with E-state index in [2.05, 4.69) is 78.6 Å². The van der Waals surface area contributed by atoms with Crippen molar-refractivity contribution >= 4 is 23.2 Å². The molecule has 0 saturated carbocycles. The Kier molecular flexibility index (Phi) is 5.75. The lowest BCUT2D eigenvalue weighted by Gasteiger charge is -2.25. The van der Waals surface area contributed by atoms with Crippen molar-refractivity contribution in [2.75, 3.05) is 13.6 Å². The van der Waals surface area contributed by atoms with E-state index in [0.717, 1.165) is 6.54 Å². The minimum atomic E-state index is -2.13. The summed E-state index contributed by atoms with van der Waals surface area (Å²) in [6, 6.07) is 31.6. The molecule has 0 aliphatic carbocycles. The molecule has 0 saturated heterocycles. The number of benzene rings is 3. The van der Waals surface area contributed by atoms with Gasteiger partial charge in [-0.25, -0.2) is 0 Å². The van der Waals surface area contributed by atoms with Crippen molar-refractivity contribution in [2.45, 2.75) is 6.92 Å². The fraction of sp³-hybridized carbons (Fsp3) is 0.130. The van der Waals surface area contributed by atoms with E-state index in [0.29, 0.717) is 5.88 Å². The highest BCUT2D eigenvalue weighted by atomic mass is 31.2. The second-order valence-corrected chi connectivity index (χ2v) is 9.48. The molecule has 0 spiro atoms. The van der Waals surface area contributed by atoms with E-state index in [-0.39, 0.29) is 0 Å². The van der Waals surface area contributed by atoms with Gasteiger partial charge in [-0.05, 0) is 43.3 Å². The molecule has 3 heteroatoms. The molecule has 26 heavy (non-hydrogen) atoms. The van der Waals surface area contributed by atoms with Crippen molar-refractivity contribution in [3.05, 3.63) is 103 Å². The van der Waals surface area contributed by atoms with Gasteiger partial charge in [-0.1, -0.05) is 54.6 Å². The van der Waals surface area contributed by atoms with Gasteiger partial charge < -0.3 is 10.0 Å².